The van der Waals surface area contributed by atoms with Crippen LogP contribution in [-0.4, -0.2) is 5.16 Å². The van der Waals surface area contributed by atoms with E-state index in [4.69, 9.17) is 10.3 Å². The maximum Gasteiger partial charge on any atom is 0.162 e. The highest BCUT2D eigenvalue weighted by atomic mass is 16.5. The molecule has 54 valence electrons. The molecule has 1 aliphatic rings. The van der Waals surface area contributed by atoms with Gasteiger partial charge in [-0.25, -0.2) is 0 Å². The van der Waals surface area contributed by atoms with E-state index < -0.39 is 0 Å². The summed E-state index contributed by atoms with van der Waals surface area (Å²) in [6, 6.07) is 0. The van der Waals surface area contributed by atoms with Crippen LogP contribution in [0.2, 0.25) is 0 Å². The molecule has 10 heavy (non-hydrogen) atoms. The van der Waals surface area contributed by atoms with Gasteiger partial charge >= 0.3 is 0 Å². The number of nitrogens with two attached hydrogens (primary N) is 1. The molecule has 0 saturated heterocycles. The van der Waals surface area contributed by atoms with Gasteiger partial charge in [-0.2, -0.15) is 0 Å². The van der Waals surface area contributed by atoms with Crippen LogP contribution >= 0.6 is 0 Å². The predicted octanol–water partition coefficient (Wildman–Crippen LogP) is 1.52. The van der Waals surface area contributed by atoms with E-state index in [0.29, 0.717) is 11.6 Å². The molecule has 1 aromatic heterocycles. The van der Waals surface area contributed by atoms with Crippen molar-refractivity contribution < 1.29 is 4.52 Å². The molecule has 0 unspecified atom stereocenters. The zero-order valence-corrected chi connectivity index (χ0v) is 5.71. The SMILES string of the molecule is Nc1cnoc1C1CCC1. The van der Waals surface area contributed by atoms with Crippen molar-refractivity contribution in [3.63, 3.8) is 0 Å². The fourth-order valence-corrected chi connectivity index (χ4v) is 1.24. The van der Waals surface area contributed by atoms with Crippen molar-refractivity contribution >= 4 is 5.69 Å². The minimum Gasteiger partial charge on any atom is -0.395 e. The largest absolute Gasteiger partial charge is 0.395 e. The first-order chi connectivity index (χ1) is 4.88. The number of rotatable bonds is 1. The van der Waals surface area contributed by atoms with Crippen LogP contribution in [0.4, 0.5) is 5.69 Å². The minimum atomic E-state index is 0.558. The Bertz CT molecular complexity index is 227. The Morgan fingerprint density at radius 3 is 2.80 bits per heavy atom. The van der Waals surface area contributed by atoms with E-state index in [9.17, 15) is 0 Å². The predicted molar refractivity (Wildman–Crippen MR) is 37.5 cm³/mol. The molecule has 0 aliphatic heterocycles. The van der Waals surface area contributed by atoms with Crippen LogP contribution in [0.3, 0.4) is 0 Å². The zero-order chi connectivity index (χ0) is 6.97. The van der Waals surface area contributed by atoms with Crippen LogP contribution in [0.15, 0.2) is 10.7 Å². The van der Waals surface area contributed by atoms with Crippen LogP contribution in [0.1, 0.15) is 30.9 Å². The second kappa shape index (κ2) is 2.01. The molecule has 0 aromatic carbocycles. The van der Waals surface area contributed by atoms with Gasteiger partial charge in [0.1, 0.15) is 0 Å². The molecule has 1 fully saturated rings. The van der Waals surface area contributed by atoms with Crippen molar-refractivity contribution in [2.24, 2.45) is 0 Å². The second-order valence-corrected chi connectivity index (χ2v) is 2.77. The summed E-state index contributed by atoms with van der Waals surface area (Å²) >= 11 is 0. The highest BCUT2D eigenvalue weighted by Crippen LogP contribution is 2.38. The molecule has 2 rings (SSSR count). The molecule has 0 spiro atoms. The van der Waals surface area contributed by atoms with E-state index in [0.717, 1.165) is 5.76 Å². The maximum atomic E-state index is 5.59. The fraction of sp³-hybridized carbons (Fsp3) is 0.571. The lowest BCUT2D eigenvalue weighted by atomic mass is 9.83. The molecule has 1 aromatic rings. The van der Waals surface area contributed by atoms with Crippen molar-refractivity contribution in [3.05, 3.63) is 12.0 Å². The van der Waals surface area contributed by atoms with Gasteiger partial charge in [0.25, 0.3) is 0 Å². The van der Waals surface area contributed by atoms with Gasteiger partial charge in [0.15, 0.2) is 5.76 Å². The maximum absolute atomic E-state index is 5.59. The molecular weight excluding hydrogens is 128 g/mol. The Morgan fingerprint density at radius 2 is 2.40 bits per heavy atom. The molecule has 0 radical (unpaired) electrons. The van der Waals surface area contributed by atoms with Gasteiger partial charge in [-0.05, 0) is 12.8 Å². The highest BCUT2D eigenvalue weighted by molar-refractivity contribution is 5.40. The molecule has 0 bridgehead atoms. The van der Waals surface area contributed by atoms with Gasteiger partial charge in [0, 0.05) is 5.92 Å². The zero-order valence-electron chi connectivity index (χ0n) is 5.71. The number of hydrogen-bond acceptors (Lipinski definition) is 3. The first kappa shape index (κ1) is 5.77. The number of aromatic nitrogens is 1. The van der Waals surface area contributed by atoms with Crippen molar-refractivity contribution in [1.29, 1.82) is 0 Å². The summed E-state index contributed by atoms with van der Waals surface area (Å²) in [5, 5.41) is 3.62. The van der Waals surface area contributed by atoms with Gasteiger partial charge in [0.05, 0.1) is 11.9 Å². The van der Waals surface area contributed by atoms with Gasteiger partial charge in [-0.15, -0.1) is 0 Å². The third-order valence-electron chi connectivity index (χ3n) is 2.10. The van der Waals surface area contributed by atoms with Gasteiger partial charge < -0.3 is 10.3 Å². The molecule has 1 heterocycles. The van der Waals surface area contributed by atoms with E-state index in [-0.39, 0.29) is 0 Å². The Morgan fingerprint density at radius 1 is 1.60 bits per heavy atom. The summed E-state index contributed by atoms with van der Waals surface area (Å²) in [5.74, 6) is 1.45. The third kappa shape index (κ3) is 0.701. The molecule has 3 heteroatoms. The summed E-state index contributed by atoms with van der Waals surface area (Å²) in [6.45, 7) is 0. The van der Waals surface area contributed by atoms with Crippen molar-refractivity contribution in [3.8, 4) is 0 Å². The van der Waals surface area contributed by atoms with Crippen molar-refractivity contribution in [1.82, 2.24) is 5.16 Å². The molecular formula is C7H10N2O. The van der Waals surface area contributed by atoms with Crippen LogP contribution in [0, 0.1) is 0 Å². The summed E-state index contributed by atoms with van der Waals surface area (Å²) in [7, 11) is 0. The molecule has 1 aliphatic carbocycles. The van der Waals surface area contributed by atoms with Crippen LogP contribution < -0.4 is 5.73 Å². The standard InChI is InChI=1S/C7H10N2O/c8-6-4-9-10-7(6)5-2-1-3-5/h4-5H,1-3,8H2. The van der Waals surface area contributed by atoms with E-state index in [1.807, 2.05) is 0 Å². The smallest absolute Gasteiger partial charge is 0.162 e. The lowest BCUT2D eigenvalue weighted by Crippen LogP contribution is -2.09. The van der Waals surface area contributed by atoms with E-state index in [1.54, 1.807) is 6.20 Å². The van der Waals surface area contributed by atoms with Gasteiger partial charge in [0.2, 0.25) is 0 Å². The number of nitrogen functional groups attached to an aromatic ring is 1. The highest BCUT2D eigenvalue weighted by Gasteiger charge is 2.24. The quantitative estimate of drug-likeness (QED) is 0.640. The first-order valence-electron chi connectivity index (χ1n) is 3.58. The Kier molecular flexibility index (Phi) is 1.16. The summed E-state index contributed by atoms with van der Waals surface area (Å²) in [5.41, 5.74) is 6.31. The second-order valence-electron chi connectivity index (χ2n) is 2.77. The Hall–Kier alpha value is -0.990. The van der Waals surface area contributed by atoms with E-state index in [2.05, 4.69) is 5.16 Å². The van der Waals surface area contributed by atoms with Gasteiger partial charge in [-0.1, -0.05) is 11.6 Å². The van der Waals surface area contributed by atoms with Crippen LogP contribution in [0.5, 0.6) is 0 Å². The van der Waals surface area contributed by atoms with Crippen LogP contribution in [0.25, 0.3) is 0 Å². The van der Waals surface area contributed by atoms with E-state index in [1.165, 1.54) is 19.3 Å². The van der Waals surface area contributed by atoms with E-state index >= 15 is 0 Å². The average molecular weight is 138 g/mol. The van der Waals surface area contributed by atoms with Crippen molar-refractivity contribution in [2.75, 3.05) is 5.73 Å². The monoisotopic (exact) mass is 138 g/mol. The van der Waals surface area contributed by atoms with Crippen LogP contribution in [-0.2, 0) is 0 Å². The molecule has 2 N–H and O–H groups in total. The average Bonchev–Trinajstić information content (AvgIpc) is 2.12. The topological polar surface area (TPSA) is 52.0 Å². The molecule has 0 amide bonds. The Balaban J connectivity index is 2.23. The fourth-order valence-electron chi connectivity index (χ4n) is 1.24. The Labute approximate surface area is 59.2 Å². The molecule has 0 atom stereocenters. The summed E-state index contributed by atoms with van der Waals surface area (Å²) in [4.78, 5) is 0. The van der Waals surface area contributed by atoms with Crippen molar-refractivity contribution in [2.45, 2.75) is 25.2 Å². The normalized spacial score (nSPS) is 18.8. The summed E-state index contributed by atoms with van der Waals surface area (Å²) < 4.78 is 4.99. The first-order valence-corrected chi connectivity index (χ1v) is 3.58. The lowest BCUT2D eigenvalue weighted by molar-refractivity contribution is 0.301. The van der Waals surface area contributed by atoms with Gasteiger partial charge in [-0.3, -0.25) is 0 Å². The molecule has 1 saturated carbocycles. The lowest BCUT2D eigenvalue weighted by Gasteiger charge is -2.22. The number of anilines is 1. The third-order valence-corrected chi connectivity index (χ3v) is 2.10. The number of nitrogens with zero attached hydrogens (tertiary/aromatic N) is 1. The summed E-state index contributed by atoms with van der Waals surface area (Å²) in [6.07, 6.45) is 5.29. The minimum absolute atomic E-state index is 0.558. The molecule has 3 nitrogen and oxygen atoms in total. The number of hydrogen-bond donors (Lipinski definition) is 1.